The maximum absolute atomic E-state index is 11.4. The summed E-state index contributed by atoms with van der Waals surface area (Å²) < 4.78 is 1.60. The minimum atomic E-state index is -0.829. The summed E-state index contributed by atoms with van der Waals surface area (Å²) in [5.74, 6) is -0.444. The Kier molecular flexibility index (Phi) is 4.50. The second-order valence-electron chi connectivity index (χ2n) is 3.52. The third kappa shape index (κ3) is 4.59. The van der Waals surface area contributed by atoms with Crippen molar-refractivity contribution in [1.82, 2.24) is 9.78 Å². The first-order chi connectivity index (χ1) is 7.58. The summed E-state index contributed by atoms with van der Waals surface area (Å²) in [7, 11) is 1.77. The number of nitrogens with one attached hydrogen (secondary N) is 1. The average molecular weight is 225 g/mol. The monoisotopic (exact) mass is 225 g/mol. The van der Waals surface area contributed by atoms with Crippen LogP contribution in [0.2, 0.25) is 0 Å². The highest BCUT2D eigenvalue weighted by Crippen LogP contribution is 2.05. The van der Waals surface area contributed by atoms with Gasteiger partial charge in [-0.2, -0.15) is 5.10 Å². The Hall–Kier alpha value is -1.85. The SMILES string of the molecule is Cn1ccc(NC(=O)CCCCC(=O)O)n1. The van der Waals surface area contributed by atoms with Crippen molar-refractivity contribution in [3.8, 4) is 0 Å². The van der Waals surface area contributed by atoms with Crippen LogP contribution >= 0.6 is 0 Å². The maximum Gasteiger partial charge on any atom is 0.303 e. The molecule has 1 heterocycles. The standard InChI is InChI=1S/C10H15N3O3/c1-13-7-6-8(12-13)11-9(14)4-2-3-5-10(15)16/h6-7H,2-5H2,1H3,(H,15,16)(H,11,12,14). The smallest absolute Gasteiger partial charge is 0.303 e. The number of nitrogens with zero attached hydrogens (tertiary/aromatic N) is 2. The molecule has 0 aliphatic heterocycles. The third-order valence-electron chi connectivity index (χ3n) is 2.03. The van der Waals surface area contributed by atoms with Gasteiger partial charge in [-0.1, -0.05) is 0 Å². The summed E-state index contributed by atoms with van der Waals surface area (Å²) in [5, 5.41) is 15.0. The lowest BCUT2D eigenvalue weighted by Crippen LogP contribution is -2.12. The highest BCUT2D eigenvalue weighted by Gasteiger charge is 2.04. The highest BCUT2D eigenvalue weighted by atomic mass is 16.4. The van der Waals surface area contributed by atoms with E-state index in [-0.39, 0.29) is 12.3 Å². The number of aliphatic carboxylic acids is 1. The lowest BCUT2D eigenvalue weighted by molar-refractivity contribution is -0.137. The molecule has 0 atom stereocenters. The number of aromatic nitrogens is 2. The summed E-state index contributed by atoms with van der Waals surface area (Å²) in [6.07, 6.45) is 3.26. The maximum atomic E-state index is 11.4. The molecule has 2 N–H and O–H groups in total. The molecule has 0 saturated heterocycles. The van der Waals surface area contributed by atoms with Gasteiger partial charge in [0.05, 0.1) is 0 Å². The Balaban J connectivity index is 2.18. The van der Waals surface area contributed by atoms with Gasteiger partial charge in [-0.15, -0.1) is 0 Å². The Morgan fingerprint density at radius 1 is 1.44 bits per heavy atom. The first-order valence-corrected chi connectivity index (χ1v) is 5.09. The fraction of sp³-hybridized carbons (Fsp3) is 0.500. The molecule has 1 aromatic rings. The van der Waals surface area contributed by atoms with Gasteiger partial charge >= 0.3 is 5.97 Å². The molecule has 0 spiro atoms. The number of carboxylic acids is 1. The predicted molar refractivity (Wildman–Crippen MR) is 57.9 cm³/mol. The number of carboxylic acid groups (broad SMARTS) is 1. The van der Waals surface area contributed by atoms with E-state index in [9.17, 15) is 9.59 Å². The molecule has 0 aliphatic rings. The van der Waals surface area contributed by atoms with E-state index in [0.717, 1.165) is 0 Å². The molecule has 1 amide bonds. The molecule has 1 aromatic heterocycles. The predicted octanol–water partition coefficient (Wildman–Crippen LogP) is 1.00. The summed E-state index contributed by atoms with van der Waals surface area (Å²) in [4.78, 5) is 21.6. The van der Waals surface area contributed by atoms with Crippen LogP contribution in [0.3, 0.4) is 0 Å². The van der Waals surface area contributed by atoms with Crippen molar-refractivity contribution in [2.45, 2.75) is 25.7 Å². The van der Waals surface area contributed by atoms with Crippen LogP contribution in [-0.4, -0.2) is 26.8 Å². The zero-order chi connectivity index (χ0) is 12.0. The van der Waals surface area contributed by atoms with Gasteiger partial charge in [0.15, 0.2) is 5.82 Å². The van der Waals surface area contributed by atoms with Gasteiger partial charge < -0.3 is 10.4 Å². The first-order valence-electron chi connectivity index (χ1n) is 5.09. The molecule has 0 aliphatic carbocycles. The van der Waals surface area contributed by atoms with E-state index in [1.54, 1.807) is 24.0 Å². The molecule has 88 valence electrons. The summed E-state index contributed by atoms with van der Waals surface area (Å²) in [6, 6.07) is 1.70. The lowest BCUT2D eigenvalue weighted by atomic mass is 10.2. The molecule has 0 unspecified atom stereocenters. The normalized spacial score (nSPS) is 10.1. The molecule has 1 rings (SSSR count). The van der Waals surface area contributed by atoms with E-state index < -0.39 is 5.97 Å². The van der Waals surface area contributed by atoms with Crippen LogP contribution in [0, 0.1) is 0 Å². The number of unbranched alkanes of at least 4 members (excludes halogenated alkanes) is 1. The van der Waals surface area contributed by atoms with Crippen molar-refractivity contribution in [2.24, 2.45) is 7.05 Å². The van der Waals surface area contributed by atoms with Crippen molar-refractivity contribution >= 4 is 17.7 Å². The van der Waals surface area contributed by atoms with E-state index >= 15 is 0 Å². The largest absolute Gasteiger partial charge is 0.481 e. The fourth-order valence-corrected chi connectivity index (χ4v) is 1.25. The quantitative estimate of drug-likeness (QED) is 0.707. The van der Waals surface area contributed by atoms with Crippen molar-refractivity contribution < 1.29 is 14.7 Å². The number of anilines is 1. The Bertz CT molecular complexity index is 373. The number of hydrogen-bond acceptors (Lipinski definition) is 3. The van der Waals surface area contributed by atoms with Gasteiger partial charge in [0, 0.05) is 32.2 Å². The average Bonchev–Trinajstić information content (AvgIpc) is 2.58. The van der Waals surface area contributed by atoms with Gasteiger partial charge in [0.1, 0.15) is 0 Å². The zero-order valence-corrected chi connectivity index (χ0v) is 9.14. The van der Waals surface area contributed by atoms with Gasteiger partial charge in [0.2, 0.25) is 5.91 Å². The molecule has 6 nitrogen and oxygen atoms in total. The van der Waals surface area contributed by atoms with E-state index in [1.807, 2.05) is 0 Å². The molecular formula is C10H15N3O3. The van der Waals surface area contributed by atoms with Crippen LogP contribution in [0.25, 0.3) is 0 Å². The molecule has 0 saturated carbocycles. The Labute approximate surface area is 93.3 Å². The molecular weight excluding hydrogens is 210 g/mol. The number of aryl methyl sites for hydroxylation is 1. The minimum absolute atomic E-state index is 0.108. The molecule has 0 aromatic carbocycles. The van der Waals surface area contributed by atoms with Gasteiger partial charge in [0.25, 0.3) is 0 Å². The second kappa shape index (κ2) is 5.89. The van der Waals surface area contributed by atoms with E-state index in [1.165, 1.54) is 0 Å². The first kappa shape index (κ1) is 12.2. The zero-order valence-electron chi connectivity index (χ0n) is 9.14. The van der Waals surface area contributed by atoms with Gasteiger partial charge in [-0.05, 0) is 12.8 Å². The number of rotatable bonds is 6. The van der Waals surface area contributed by atoms with Crippen molar-refractivity contribution in [3.63, 3.8) is 0 Å². The molecule has 0 fully saturated rings. The molecule has 6 heteroatoms. The van der Waals surface area contributed by atoms with Crippen molar-refractivity contribution in [3.05, 3.63) is 12.3 Å². The fourth-order valence-electron chi connectivity index (χ4n) is 1.25. The summed E-state index contributed by atoms with van der Waals surface area (Å²) in [5.41, 5.74) is 0. The van der Waals surface area contributed by atoms with E-state index in [2.05, 4.69) is 10.4 Å². The topological polar surface area (TPSA) is 84.2 Å². The molecule has 16 heavy (non-hydrogen) atoms. The Morgan fingerprint density at radius 2 is 2.12 bits per heavy atom. The Morgan fingerprint density at radius 3 is 2.69 bits per heavy atom. The molecule has 0 radical (unpaired) electrons. The van der Waals surface area contributed by atoms with Crippen LogP contribution < -0.4 is 5.32 Å². The second-order valence-corrected chi connectivity index (χ2v) is 3.52. The summed E-state index contributed by atoms with van der Waals surface area (Å²) in [6.45, 7) is 0. The third-order valence-corrected chi connectivity index (χ3v) is 2.03. The van der Waals surface area contributed by atoms with Gasteiger partial charge in [-0.25, -0.2) is 0 Å². The minimum Gasteiger partial charge on any atom is -0.481 e. The van der Waals surface area contributed by atoms with Crippen LogP contribution in [-0.2, 0) is 16.6 Å². The van der Waals surface area contributed by atoms with E-state index in [0.29, 0.717) is 25.1 Å². The number of amides is 1. The van der Waals surface area contributed by atoms with E-state index in [4.69, 9.17) is 5.11 Å². The molecule has 0 bridgehead atoms. The van der Waals surface area contributed by atoms with Crippen molar-refractivity contribution in [2.75, 3.05) is 5.32 Å². The highest BCUT2D eigenvalue weighted by molar-refractivity contribution is 5.89. The van der Waals surface area contributed by atoms with Crippen LogP contribution in [0.1, 0.15) is 25.7 Å². The van der Waals surface area contributed by atoms with Crippen LogP contribution in [0.4, 0.5) is 5.82 Å². The summed E-state index contributed by atoms with van der Waals surface area (Å²) >= 11 is 0. The number of hydrogen-bond donors (Lipinski definition) is 2. The number of carbonyl (C=O) groups is 2. The van der Waals surface area contributed by atoms with Crippen LogP contribution in [0.15, 0.2) is 12.3 Å². The van der Waals surface area contributed by atoms with Gasteiger partial charge in [-0.3, -0.25) is 14.3 Å². The lowest BCUT2D eigenvalue weighted by Gasteiger charge is -2.00. The van der Waals surface area contributed by atoms with Crippen molar-refractivity contribution in [1.29, 1.82) is 0 Å². The van der Waals surface area contributed by atoms with Crippen LogP contribution in [0.5, 0.6) is 0 Å². The number of carbonyl (C=O) groups excluding carboxylic acids is 1.